The zero-order valence-electron chi connectivity index (χ0n) is 9.31. The Bertz CT molecular complexity index is 611. The number of amides is 1. The van der Waals surface area contributed by atoms with E-state index in [1.807, 2.05) is 0 Å². The van der Waals surface area contributed by atoms with E-state index in [4.69, 9.17) is 5.73 Å². The van der Waals surface area contributed by atoms with Gasteiger partial charge in [-0.25, -0.2) is 0 Å². The number of pyridine rings is 1. The van der Waals surface area contributed by atoms with Crippen LogP contribution < -0.4 is 5.73 Å². The normalized spacial score (nSPS) is 11.5. The summed E-state index contributed by atoms with van der Waals surface area (Å²) >= 11 is 0.931. The van der Waals surface area contributed by atoms with Crippen LogP contribution in [0.1, 0.15) is 26.1 Å². The molecule has 19 heavy (non-hydrogen) atoms. The summed E-state index contributed by atoms with van der Waals surface area (Å²) in [6, 6.07) is 1.82. The number of aromatic nitrogens is 3. The number of primary amides is 1. The predicted molar refractivity (Wildman–Crippen MR) is 60.5 cm³/mol. The van der Waals surface area contributed by atoms with Gasteiger partial charge in [0.25, 0.3) is 5.91 Å². The average molecular weight is 288 g/mol. The fraction of sp³-hybridized carbons (Fsp3) is 0.200. The highest BCUT2D eigenvalue weighted by molar-refractivity contribution is 7.13. The molecule has 2 heterocycles. The molecule has 0 aliphatic rings. The maximum Gasteiger partial charge on any atom is 0.416 e. The highest BCUT2D eigenvalue weighted by Crippen LogP contribution is 2.29. The van der Waals surface area contributed by atoms with Gasteiger partial charge in [0.1, 0.15) is 5.01 Å². The number of hydrogen-bond donors (Lipinski definition) is 1. The molecule has 0 radical (unpaired) electrons. The molecule has 0 aliphatic heterocycles. The molecule has 0 saturated carbocycles. The maximum absolute atomic E-state index is 12.5. The van der Waals surface area contributed by atoms with Gasteiger partial charge < -0.3 is 5.73 Å². The zero-order chi connectivity index (χ0) is 14.0. The Hall–Kier alpha value is -2.03. The highest BCUT2D eigenvalue weighted by atomic mass is 32.1. The molecule has 0 fully saturated rings. The molecule has 0 bridgehead atoms. The number of nitrogens with two attached hydrogens (primary N) is 1. The summed E-state index contributed by atoms with van der Waals surface area (Å²) in [7, 11) is 0. The molecule has 9 heteroatoms. The summed E-state index contributed by atoms with van der Waals surface area (Å²) in [5.74, 6) is -0.722. The van der Waals surface area contributed by atoms with Crippen molar-refractivity contribution in [3.63, 3.8) is 0 Å². The third-order valence-corrected chi connectivity index (χ3v) is 3.09. The third-order valence-electron chi connectivity index (χ3n) is 2.15. The van der Waals surface area contributed by atoms with Crippen molar-refractivity contribution in [1.29, 1.82) is 0 Å². The second kappa shape index (κ2) is 4.92. The van der Waals surface area contributed by atoms with Crippen LogP contribution in [-0.2, 0) is 12.6 Å². The molecule has 0 unspecified atom stereocenters. The lowest BCUT2D eigenvalue weighted by atomic mass is 10.2. The number of alkyl halides is 3. The van der Waals surface area contributed by atoms with Gasteiger partial charge in [-0.3, -0.25) is 9.78 Å². The van der Waals surface area contributed by atoms with Crippen LogP contribution in [0, 0.1) is 0 Å². The maximum atomic E-state index is 12.5. The van der Waals surface area contributed by atoms with Crippen molar-refractivity contribution in [1.82, 2.24) is 15.2 Å². The van der Waals surface area contributed by atoms with E-state index in [0.29, 0.717) is 5.01 Å². The fourth-order valence-electron chi connectivity index (χ4n) is 1.33. The standard InChI is InChI=1S/C10H7F3N4OS/c11-10(12,13)5-1-2-15-6(3-5)4-7-16-17-9(19-7)8(14)18/h1-3H,4H2,(H2,14,18). The molecular weight excluding hydrogens is 281 g/mol. The molecule has 2 aromatic heterocycles. The van der Waals surface area contributed by atoms with E-state index in [0.717, 1.165) is 29.7 Å². The van der Waals surface area contributed by atoms with Crippen LogP contribution in [0.25, 0.3) is 0 Å². The summed E-state index contributed by atoms with van der Waals surface area (Å²) in [6.45, 7) is 0. The Labute approximate surface area is 109 Å². The Morgan fingerprint density at radius 1 is 1.37 bits per heavy atom. The van der Waals surface area contributed by atoms with Gasteiger partial charge in [0.05, 0.1) is 5.56 Å². The van der Waals surface area contributed by atoms with E-state index >= 15 is 0 Å². The average Bonchev–Trinajstić information content (AvgIpc) is 2.77. The van der Waals surface area contributed by atoms with Crippen LogP contribution in [0.15, 0.2) is 18.3 Å². The number of carbonyl (C=O) groups is 1. The van der Waals surface area contributed by atoms with Gasteiger partial charge in [-0.15, -0.1) is 10.2 Å². The van der Waals surface area contributed by atoms with Crippen molar-refractivity contribution in [2.24, 2.45) is 5.73 Å². The van der Waals surface area contributed by atoms with Gasteiger partial charge in [-0.2, -0.15) is 13.2 Å². The molecule has 0 aromatic carbocycles. The first kappa shape index (κ1) is 13.4. The second-order valence-electron chi connectivity index (χ2n) is 3.58. The monoisotopic (exact) mass is 288 g/mol. The van der Waals surface area contributed by atoms with Gasteiger partial charge >= 0.3 is 6.18 Å². The first-order chi connectivity index (χ1) is 8.86. The Morgan fingerprint density at radius 3 is 2.68 bits per heavy atom. The van der Waals surface area contributed by atoms with Crippen LogP contribution in [0.2, 0.25) is 0 Å². The molecule has 0 aliphatic carbocycles. The van der Waals surface area contributed by atoms with Crippen LogP contribution in [0.5, 0.6) is 0 Å². The summed E-state index contributed by atoms with van der Waals surface area (Å²) in [6.07, 6.45) is -3.28. The zero-order valence-corrected chi connectivity index (χ0v) is 10.1. The number of carbonyl (C=O) groups excluding carboxylic acids is 1. The van der Waals surface area contributed by atoms with Crippen molar-refractivity contribution < 1.29 is 18.0 Å². The summed E-state index contributed by atoms with van der Waals surface area (Å²) in [5, 5.41) is 7.59. The molecule has 2 aromatic rings. The van der Waals surface area contributed by atoms with Gasteiger partial charge in [0, 0.05) is 18.3 Å². The smallest absolute Gasteiger partial charge is 0.363 e. The van der Waals surface area contributed by atoms with Crippen LogP contribution in [0.4, 0.5) is 13.2 Å². The van der Waals surface area contributed by atoms with E-state index in [-0.39, 0.29) is 17.1 Å². The number of halogens is 3. The minimum atomic E-state index is -4.42. The van der Waals surface area contributed by atoms with E-state index in [1.165, 1.54) is 0 Å². The lowest BCUT2D eigenvalue weighted by molar-refractivity contribution is -0.137. The van der Waals surface area contributed by atoms with Crippen molar-refractivity contribution in [3.05, 3.63) is 39.6 Å². The first-order valence-electron chi connectivity index (χ1n) is 5.00. The van der Waals surface area contributed by atoms with Crippen LogP contribution in [-0.4, -0.2) is 21.1 Å². The quantitative estimate of drug-likeness (QED) is 0.930. The molecule has 5 nitrogen and oxygen atoms in total. The minimum absolute atomic E-state index is 0.0157. The van der Waals surface area contributed by atoms with Crippen molar-refractivity contribution in [3.8, 4) is 0 Å². The Kier molecular flexibility index (Phi) is 3.47. The van der Waals surface area contributed by atoms with E-state index in [9.17, 15) is 18.0 Å². The van der Waals surface area contributed by atoms with Crippen LogP contribution in [0.3, 0.4) is 0 Å². The Morgan fingerprint density at radius 2 is 2.11 bits per heavy atom. The third kappa shape index (κ3) is 3.25. The molecular formula is C10H7F3N4OS. The van der Waals surface area contributed by atoms with E-state index < -0.39 is 17.6 Å². The van der Waals surface area contributed by atoms with Crippen molar-refractivity contribution in [2.75, 3.05) is 0 Å². The number of rotatable bonds is 3. The highest BCUT2D eigenvalue weighted by Gasteiger charge is 2.30. The van der Waals surface area contributed by atoms with Gasteiger partial charge in [0.2, 0.25) is 5.01 Å². The number of hydrogen-bond acceptors (Lipinski definition) is 5. The van der Waals surface area contributed by atoms with Gasteiger partial charge in [-0.05, 0) is 12.1 Å². The lowest BCUT2D eigenvalue weighted by Gasteiger charge is -2.06. The topological polar surface area (TPSA) is 81.8 Å². The number of nitrogens with zero attached hydrogens (tertiary/aromatic N) is 3. The van der Waals surface area contributed by atoms with E-state index in [2.05, 4.69) is 15.2 Å². The van der Waals surface area contributed by atoms with Crippen molar-refractivity contribution >= 4 is 17.2 Å². The lowest BCUT2D eigenvalue weighted by Crippen LogP contribution is -2.10. The minimum Gasteiger partial charge on any atom is -0.363 e. The van der Waals surface area contributed by atoms with E-state index in [1.54, 1.807) is 0 Å². The van der Waals surface area contributed by atoms with Crippen LogP contribution >= 0.6 is 11.3 Å². The summed E-state index contributed by atoms with van der Waals surface area (Å²) in [4.78, 5) is 14.6. The predicted octanol–water partition coefficient (Wildman–Crippen LogP) is 1.64. The molecule has 0 saturated heterocycles. The van der Waals surface area contributed by atoms with Crippen molar-refractivity contribution in [2.45, 2.75) is 12.6 Å². The first-order valence-corrected chi connectivity index (χ1v) is 5.82. The van der Waals surface area contributed by atoms with Gasteiger partial charge in [-0.1, -0.05) is 11.3 Å². The Balaban J connectivity index is 2.21. The molecule has 2 rings (SSSR count). The van der Waals surface area contributed by atoms with Gasteiger partial charge in [0.15, 0.2) is 0 Å². The SMILES string of the molecule is NC(=O)c1nnc(Cc2cc(C(F)(F)F)ccn2)s1. The second-order valence-corrected chi connectivity index (χ2v) is 4.64. The summed E-state index contributed by atoms with van der Waals surface area (Å²) in [5.41, 5.74) is 4.42. The fourth-order valence-corrected chi connectivity index (χ4v) is 2.04. The summed E-state index contributed by atoms with van der Waals surface area (Å²) < 4.78 is 37.5. The molecule has 1 amide bonds. The molecule has 0 atom stereocenters. The molecule has 0 spiro atoms. The largest absolute Gasteiger partial charge is 0.416 e. The molecule has 100 valence electrons. The molecule has 2 N–H and O–H groups in total.